The lowest BCUT2D eigenvalue weighted by atomic mass is 9.75. The Kier molecular flexibility index (Phi) is 12.5. The number of hydrogen-bond acceptors (Lipinski definition) is 5. The van der Waals surface area contributed by atoms with Crippen LogP contribution < -0.4 is 0 Å². The first-order valence-corrected chi connectivity index (χ1v) is 16.7. The van der Waals surface area contributed by atoms with Gasteiger partial charge in [-0.3, -0.25) is 9.69 Å². The van der Waals surface area contributed by atoms with Gasteiger partial charge >= 0.3 is 18.2 Å². The first-order valence-electron chi connectivity index (χ1n) is 16.7. The Morgan fingerprint density at radius 3 is 2.13 bits per heavy atom. The summed E-state index contributed by atoms with van der Waals surface area (Å²) < 4.78 is 80.1. The topological polar surface area (TPSA) is 90.4 Å². The highest BCUT2D eigenvalue weighted by Crippen LogP contribution is 2.42. The van der Waals surface area contributed by atoms with Gasteiger partial charge in [-0.15, -0.1) is 0 Å². The fraction of sp³-hybridized carbons (Fsp3) is 0.727. The smallest absolute Gasteiger partial charge is 0.475 e. The Labute approximate surface area is 271 Å². The molecule has 3 saturated heterocycles. The van der Waals surface area contributed by atoms with E-state index in [0.717, 1.165) is 64.3 Å². The maximum atomic E-state index is 14.2. The third-order valence-electron chi connectivity index (χ3n) is 10.3. The van der Waals surface area contributed by atoms with Crippen LogP contribution in [0.2, 0.25) is 0 Å². The van der Waals surface area contributed by atoms with Gasteiger partial charge in [-0.05, 0) is 50.2 Å². The number of carboxylic acid groups (broad SMARTS) is 1. The predicted molar refractivity (Wildman–Crippen MR) is 160 cm³/mol. The molecule has 5 rings (SSSR count). The summed E-state index contributed by atoms with van der Waals surface area (Å²) in [5.41, 5.74) is -1.22. The van der Waals surface area contributed by atoms with Crippen LogP contribution in [0.15, 0.2) is 12.1 Å². The number of piperidine rings is 2. The highest BCUT2D eigenvalue weighted by molar-refractivity contribution is 5.94. The Balaban J connectivity index is 0.000000644. The van der Waals surface area contributed by atoms with Crippen LogP contribution in [0.25, 0.3) is 0 Å². The molecule has 0 radical (unpaired) electrons. The van der Waals surface area contributed by atoms with Crippen LogP contribution >= 0.6 is 0 Å². The van der Waals surface area contributed by atoms with E-state index >= 15 is 0 Å². The summed E-state index contributed by atoms with van der Waals surface area (Å²) >= 11 is 0. The number of aliphatic carboxylic acids is 1. The summed E-state index contributed by atoms with van der Waals surface area (Å²) in [4.78, 5) is 40.7. The molecule has 3 heterocycles. The van der Waals surface area contributed by atoms with E-state index in [2.05, 4.69) is 11.8 Å². The second-order valence-electron chi connectivity index (χ2n) is 13.3. The van der Waals surface area contributed by atoms with Gasteiger partial charge in [0.15, 0.2) is 11.6 Å². The minimum Gasteiger partial charge on any atom is -0.475 e. The number of carboxylic acids is 1. The van der Waals surface area contributed by atoms with Gasteiger partial charge in [0, 0.05) is 64.1 Å². The van der Waals surface area contributed by atoms with Crippen LogP contribution in [0.1, 0.15) is 94.3 Å². The molecule has 1 atom stereocenters. The van der Waals surface area contributed by atoms with Crippen molar-refractivity contribution in [3.63, 3.8) is 0 Å². The van der Waals surface area contributed by atoms with Gasteiger partial charge in [0.25, 0.3) is 5.91 Å². The van der Waals surface area contributed by atoms with E-state index in [-0.39, 0.29) is 12.1 Å². The number of benzene rings is 1. The van der Waals surface area contributed by atoms with Crippen molar-refractivity contribution in [2.24, 2.45) is 11.8 Å². The SMILES string of the molecule is CCCCC1CN(CC2CCCCC2)C(=O)OC12CCN(C1CCN(C(=O)c3c(F)ccc(F)c3F)CC1)CC2.O=C(O)C(F)(F)F. The summed E-state index contributed by atoms with van der Waals surface area (Å²) in [6.45, 7) is 6.20. The molecular weight excluding hydrogens is 632 g/mol. The van der Waals surface area contributed by atoms with E-state index in [1.165, 1.54) is 37.0 Å². The Morgan fingerprint density at radius 2 is 1.55 bits per heavy atom. The van der Waals surface area contributed by atoms with E-state index in [0.29, 0.717) is 43.8 Å². The van der Waals surface area contributed by atoms with Crippen LogP contribution in [0.3, 0.4) is 0 Å². The van der Waals surface area contributed by atoms with Gasteiger partial charge < -0.3 is 19.6 Å². The number of nitrogens with zero attached hydrogens (tertiary/aromatic N) is 3. The average molecular weight is 678 g/mol. The minimum atomic E-state index is -5.08. The highest BCUT2D eigenvalue weighted by atomic mass is 19.4. The Bertz CT molecular complexity index is 1240. The zero-order valence-corrected chi connectivity index (χ0v) is 26.8. The fourth-order valence-electron chi connectivity index (χ4n) is 7.56. The molecule has 3 aliphatic heterocycles. The molecule has 1 spiro atoms. The molecule has 1 saturated carbocycles. The van der Waals surface area contributed by atoms with E-state index in [9.17, 15) is 35.9 Å². The summed E-state index contributed by atoms with van der Waals surface area (Å²) in [5.74, 6) is -6.31. The third kappa shape index (κ3) is 9.11. The van der Waals surface area contributed by atoms with Crippen molar-refractivity contribution in [2.75, 3.05) is 39.3 Å². The number of amides is 2. The number of likely N-dealkylation sites (tertiary alicyclic amines) is 2. The molecule has 1 N–H and O–H groups in total. The van der Waals surface area contributed by atoms with Gasteiger partial charge in [0.1, 0.15) is 17.0 Å². The summed E-state index contributed by atoms with van der Waals surface area (Å²) in [7, 11) is 0. The van der Waals surface area contributed by atoms with Crippen LogP contribution in [-0.4, -0.2) is 94.9 Å². The van der Waals surface area contributed by atoms with Crippen LogP contribution in [0, 0.1) is 29.3 Å². The van der Waals surface area contributed by atoms with Gasteiger partial charge in [-0.2, -0.15) is 13.2 Å². The van der Waals surface area contributed by atoms with Gasteiger partial charge in [-0.1, -0.05) is 39.0 Å². The molecule has 8 nitrogen and oxygen atoms in total. The van der Waals surface area contributed by atoms with E-state index in [4.69, 9.17) is 14.6 Å². The zero-order chi connectivity index (χ0) is 34.4. The van der Waals surface area contributed by atoms with Gasteiger partial charge in [-0.25, -0.2) is 22.8 Å². The van der Waals surface area contributed by atoms with Gasteiger partial charge in [0.2, 0.25) is 0 Å². The Morgan fingerprint density at radius 1 is 0.957 bits per heavy atom. The second-order valence-corrected chi connectivity index (χ2v) is 13.3. The number of alkyl halides is 3. The highest BCUT2D eigenvalue weighted by Gasteiger charge is 2.50. The van der Waals surface area contributed by atoms with Crippen molar-refractivity contribution in [1.82, 2.24) is 14.7 Å². The predicted octanol–water partition coefficient (Wildman–Crippen LogP) is 7.02. The normalized spacial score (nSPS) is 22.9. The van der Waals surface area contributed by atoms with Crippen molar-refractivity contribution in [2.45, 2.75) is 102 Å². The molecule has 0 bridgehead atoms. The molecule has 0 aromatic heterocycles. The van der Waals surface area contributed by atoms with Crippen molar-refractivity contribution in [3.05, 3.63) is 35.1 Å². The molecule has 14 heteroatoms. The molecule has 1 aromatic carbocycles. The molecular formula is C33H45F6N3O5. The van der Waals surface area contributed by atoms with Crippen molar-refractivity contribution in [3.8, 4) is 0 Å². The first kappa shape index (κ1) is 36.8. The molecule has 1 aromatic rings. The van der Waals surface area contributed by atoms with Crippen LogP contribution in [0.4, 0.5) is 31.1 Å². The average Bonchev–Trinajstić information content (AvgIpc) is 3.04. The van der Waals surface area contributed by atoms with E-state index in [1.54, 1.807) is 0 Å². The largest absolute Gasteiger partial charge is 0.490 e. The number of carbonyl (C=O) groups excluding carboxylic acids is 2. The second kappa shape index (κ2) is 15.9. The van der Waals surface area contributed by atoms with Crippen molar-refractivity contribution in [1.29, 1.82) is 0 Å². The first-order chi connectivity index (χ1) is 22.3. The fourth-order valence-corrected chi connectivity index (χ4v) is 7.56. The maximum Gasteiger partial charge on any atom is 0.490 e. The third-order valence-corrected chi connectivity index (χ3v) is 10.3. The quantitative estimate of drug-likeness (QED) is 0.247. The maximum absolute atomic E-state index is 14.2. The summed E-state index contributed by atoms with van der Waals surface area (Å²) in [6.07, 6.45) is 7.33. The van der Waals surface area contributed by atoms with Crippen molar-refractivity contribution < 1.29 is 50.6 Å². The minimum absolute atomic E-state index is 0.143. The summed E-state index contributed by atoms with van der Waals surface area (Å²) in [6, 6.07) is 1.74. The lowest BCUT2D eigenvalue weighted by molar-refractivity contribution is -0.192. The number of carbonyl (C=O) groups is 3. The molecule has 4 aliphatic rings. The number of hydrogen-bond donors (Lipinski definition) is 1. The molecule has 1 unspecified atom stereocenters. The zero-order valence-electron chi connectivity index (χ0n) is 26.8. The molecule has 1 aliphatic carbocycles. The molecule has 4 fully saturated rings. The molecule has 264 valence electrons. The Hall–Kier alpha value is -3.03. The summed E-state index contributed by atoms with van der Waals surface area (Å²) in [5, 5.41) is 7.12. The van der Waals surface area contributed by atoms with Gasteiger partial charge in [0.05, 0.1) is 0 Å². The molecule has 2 amide bonds. The lowest BCUT2D eigenvalue weighted by Gasteiger charge is -2.52. The van der Waals surface area contributed by atoms with Crippen LogP contribution in [0.5, 0.6) is 0 Å². The number of halogens is 6. The number of unbranched alkanes of at least 4 members (excludes halogenated alkanes) is 1. The van der Waals surface area contributed by atoms with Crippen molar-refractivity contribution >= 4 is 18.0 Å². The number of rotatable bonds is 7. The van der Waals surface area contributed by atoms with E-state index < -0.39 is 46.7 Å². The van der Waals surface area contributed by atoms with Crippen LogP contribution in [-0.2, 0) is 9.53 Å². The standard InChI is InChI=1S/C31H44F3N3O3.C2HF3O2/c1-2-3-9-23-21-37(20-22-7-5-4-6-8-22)30(39)40-31(23)14-18-35(19-15-31)24-12-16-36(17-13-24)29(38)27-25(32)10-11-26(33)28(27)34;3-2(4,5)1(6)7/h10-11,22-24H,2-9,12-21H2,1H3;(H,6,7). The molecule has 47 heavy (non-hydrogen) atoms. The lowest BCUT2D eigenvalue weighted by Crippen LogP contribution is -2.61. The number of ether oxygens (including phenoxy) is 1. The van der Waals surface area contributed by atoms with E-state index in [1.807, 2.05) is 4.90 Å². The monoisotopic (exact) mass is 677 g/mol.